The van der Waals surface area contributed by atoms with E-state index in [0.717, 1.165) is 16.7 Å². The molecule has 27 heavy (non-hydrogen) atoms. The number of rotatable bonds is 6. The number of primary amides is 1. The normalized spacial score (nSPS) is 12.3. The van der Waals surface area contributed by atoms with Crippen molar-refractivity contribution in [2.24, 2.45) is 5.73 Å². The number of benzene rings is 1. The quantitative estimate of drug-likeness (QED) is 0.657. The highest BCUT2D eigenvalue weighted by Gasteiger charge is 2.18. The molecule has 0 bridgehead atoms. The van der Waals surface area contributed by atoms with Gasteiger partial charge >= 0.3 is 0 Å². The molecule has 2 rings (SSSR count). The highest BCUT2D eigenvalue weighted by molar-refractivity contribution is 6.31. The first kappa shape index (κ1) is 21.3. The number of H-pyrrole nitrogens is 1. The van der Waals surface area contributed by atoms with Crippen LogP contribution in [0.15, 0.2) is 41.2 Å². The maximum Gasteiger partial charge on any atom is 0.267 e. The number of unbranched alkanes of at least 4 members (excludes halogenated alkanes) is 1. The fraction of sp³-hybridized carbons (Fsp3) is 0.333. The van der Waals surface area contributed by atoms with Gasteiger partial charge in [-0.3, -0.25) is 9.59 Å². The Hall–Kier alpha value is -2.04. The van der Waals surface area contributed by atoms with Crippen LogP contribution in [0.4, 0.5) is 0 Å². The topological polar surface area (TPSA) is 76.0 Å². The third-order valence-electron chi connectivity index (χ3n) is 4.22. The van der Waals surface area contributed by atoms with Crippen molar-refractivity contribution in [2.75, 3.05) is 0 Å². The smallest absolute Gasteiger partial charge is 0.267 e. The number of nitrogens with one attached hydrogen (secondary N) is 1. The molecule has 1 aromatic heterocycles. The van der Waals surface area contributed by atoms with Crippen molar-refractivity contribution in [3.8, 4) is 0 Å². The zero-order chi connectivity index (χ0) is 20.2. The molecule has 0 spiro atoms. The Bertz CT molecular complexity index is 925. The van der Waals surface area contributed by atoms with Gasteiger partial charge in [0.1, 0.15) is 5.02 Å². The molecule has 4 nitrogen and oxygen atoms in total. The Labute approximate surface area is 169 Å². The summed E-state index contributed by atoms with van der Waals surface area (Å²) in [5.41, 5.74) is 8.18. The lowest BCUT2D eigenvalue weighted by atomic mass is 9.85. The van der Waals surface area contributed by atoms with Gasteiger partial charge in [-0.25, -0.2) is 0 Å². The van der Waals surface area contributed by atoms with E-state index in [1.165, 1.54) is 0 Å². The van der Waals surface area contributed by atoms with E-state index in [0.29, 0.717) is 30.0 Å². The number of amides is 1. The van der Waals surface area contributed by atoms with Gasteiger partial charge in [0.05, 0.1) is 0 Å². The number of hydrogen-bond acceptors (Lipinski definition) is 2. The summed E-state index contributed by atoms with van der Waals surface area (Å²) in [4.78, 5) is 25.7. The van der Waals surface area contributed by atoms with Crippen LogP contribution in [-0.2, 0) is 10.2 Å². The molecule has 0 aliphatic rings. The monoisotopic (exact) mass is 406 g/mol. The molecule has 0 radical (unpaired) electrons. The number of halogens is 2. The molecule has 144 valence electrons. The van der Waals surface area contributed by atoms with Crippen LogP contribution in [-0.4, -0.2) is 10.9 Å². The Morgan fingerprint density at radius 1 is 1.15 bits per heavy atom. The second-order valence-corrected chi connectivity index (χ2v) is 8.28. The predicted octanol–water partition coefficient (Wildman–Crippen LogP) is 5.07. The number of allylic oxidation sites excluding steroid dienone is 1. The average Bonchev–Trinajstić information content (AvgIpc) is 2.56. The van der Waals surface area contributed by atoms with Crippen molar-refractivity contribution in [1.29, 1.82) is 0 Å². The zero-order valence-electron chi connectivity index (χ0n) is 15.7. The van der Waals surface area contributed by atoms with Crippen LogP contribution in [0.5, 0.6) is 0 Å². The summed E-state index contributed by atoms with van der Waals surface area (Å²) in [7, 11) is 0. The first-order chi connectivity index (χ1) is 12.6. The summed E-state index contributed by atoms with van der Waals surface area (Å²) in [6.45, 7) is 6.31. The Balaban J connectivity index is 2.47. The van der Waals surface area contributed by atoms with Crippen LogP contribution in [0.3, 0.4) is 0 Å². The highest BCUT2D eigenvalue weighted by atomic mass is 35.5. The van der Waals surface area contributed by atoms with Gasteiger partial charge < -0.3 is 10.7 Å². The fourth-order valence-electron chi connectivity index (χ4n) is 2.81. The zero-order valence-corrected chi connectivity index (χ0v) is 17.2. The largest absolute Gasteiger partial charge is 0.370 e. The third-order valence-corrected chi connectivity index (χ3v) is 4.83. The second kappa shape index (κ2) is 8.77. The van der Waals surface area contributed by atoms with Crippen LogP contribution in [0.25, 0.3) is 5.57 Å². The molecule has 0 atom stereocenters. The molecule has 0 saturated heterocycles. The van der Waals surface area contributed by atoms with Crippen LogP contribution in [0.2, 0.25) is 10.0 Å². The number of carbonyl (C=O) groups excluding carboxylic acids is 1. The number of hydrogen-bond donors (Lipinski definition) is 2. The van der Waals surface area contributed by atoms with Crippen LogP contribution in [0.1, 0.15) is 56.9 Å². The minimum atomic E-state index is -0.352. The first-order valence-corrected chi connectivity index (χ1v) is 9.53. The molecule has 1 aromatic carbocycles. The number of aromatic amines is 1. The van der Waals surface area contributed by atoms with Crippen LogP contribution >= 0.6 is 23.2 Å². The fourth-order valence-corrected chi connectivity index (χ4v) is 3.38. The second-order valence-electron chi connectivity index (χ2n) is 7.47. The summed E-state index contributed by atoms with van der Waals surface area (Å²) in [6, 6.07) is 9.21. The van der Waals surface area contributed by atoms with Gasteiger partial charge in [0.2, 0.25) is 5.91 Å². The molecular formula is C21H24Cl2N2O2. The Morgan fingerprint density at radius 2 is 1.85 bits per heavy atom. The molecule has 0 aliphatic heterocycles. The lowest BCUT2D eigenvalue weighted by molar-refractivity contribution is -0.118. The standard InChI is InChI=1S/C21H24Cl2N2O2/c1-21(2,3)15-9-8-13(12-17(15)23)14(6-4-5-7-19(24)26)18-11-10-16(22)20(27)25-18/h6,8-12H,4-5,7H2,1-3H3,(H2,24,26)(H,25,27). The lowest BCUT2D eigenvalue weighted by Gasteiger charge is -2.21. The van der Waals surface area contributed by atoms with Crippen LogP contribution in [0, 0.1) is 0 Å². The molecule has 0 unspecified atom stereocenters. The van der Waals surface area contributed by atoms with E-state index in [4.69, 9.17) is 28.9 Å². The molecule has 0 fully saturated rings. The Morgan fingerprint density at radius 3 is 2.41 bits per heavy atom. The first-order valence-electron chi connectivity index (χ1n) is 8.77. The van der Waals surface area contributed by atoms with E-state index in [2.05, 4.69) is 25.8 Å². The van der Waals surface area contributed by atoms with Gasteiger partial charge in [-0.2, -0.15) is 0 Å². The molecule has 3 N–H and O–H groups in total. The van der Waals surface area contributed by atoms with Crippen molar-refractivity contribution >= 4 is 34.7 Å². The van der Waals surface area contributed by atoms with Gasteiger partial charge in [-0.15, -0.1) is 0 Å². The van der Waals surface area contributed by atoms with Gasteiger partial charge in [0.25, 0.3) is 5.56 Å². The maximum atomic E-state index is 11.9. The molecule has 2 aromatic rings. The minimum absolute atomic E-state index is 0.0738. The van der Waals surface area contributed by atoms with E-state index in [1.54, 1.807) is 12.1 Å². The molecule has 6 heteroatoms. The summed E-state index contributed by atoms with van der Waals surface area (Å²) >= 11 is 12.4. The van der Waals surface area contributed by atoms with E-state index in [1.807, 2.05) is 24.3 Å². The predicted molar refractivity (Wildman–Crippen MR) is 112 cm³/mol. The number of carbonyl (C=O) groups is 1. The maximum absolute atomic E-state index is 11.9. The van der Waals surface area contributed by atoms with Crippen molar-refractivity contribution in [3.63, 3.8) is 0 Å². The summed E-state index contributed by atoms with van der Waals surface area (Å²) in [5, 5.41) is 0.798. The molecule has 1 heterocycles. The SMILES string of the molecule is CC(C)(C)c1ccc(C(=CCCCC(N)=O)c2ccc(Cl)c(=O)[nH]2)cc1Cl. The Kier molecular flexibility index (Phi) is 6.90. The van der Waals surface area contributed by atoms with E-state index >= 15 is 0 Å². The van der Waals surface area contributed by atoms with Gasteiger partial charge in [0.15, 0.2) is 0 Å². The summed E-state index contributed by atoms with van der Waals surface area (Å²) in [6.07, 6.45) is 3.56. The number of aromatic nitrogens is 1. The van der Waals surface area contributed by atoms with Crippen molar-refractivity contribution in [3.05, 3.63) is 73.6 Å². The van der Waals surface area contributed by atoms with Crippen molar-refractivity contribution in [2.45, 2.75) is 45.4 Å². The minimum Gasteiger partial charge on any atom is -0.370 e. The van der Waals surface area contributed by atoms with Crippen molar-refractivity contribution in [1.82, 2.24) is 4.98 Å². The van der Waals surface area contributed by atoms with Gasteiger partial charge in [0, 0.05) is 22.7 Å². The van der Waals surface area contributed by atoms with Crippen LogP contribution < -0.4 is 11.3 Å². The lowest BCUT2D eigenvalue weighted by Crippen LogP contribution is -2.12. The summed E-state index contributed by atoms with van der Waals surface area (Å²) in [5.74, 6) is -0.331. The van der Waals surface area contributed by atoms with Gasteiger partial charge in [-0.1, -0.05) is 62.2 Å². The third kappa shape index (κ3) is 5.72. The molecule has 0 saturated carbocycles. The van der Waals surface area contributed by atoms with E-state index in [-0.39, 0.29) is 21.9 Å². The number of nitrogens with two attached hydrogens (primary N) is 1. The number of pyridine rings is 1. The van der Waals surface area contributed by atoms with E-state index in [9.17, 15) is 9.59 Å². The molecule has 0 aliphatic carbocycles. The molecule has 1 amide bonds. The average molecular weight is 407 g/mol. The van der Waals surface area contributed by atoms with Gasteiger partial charge in [-0.05, 0) is 47.6 Å². The summed E-state index contributed by atoms with van der Waals surface area (Å²) < 4.78 is 0. The van der Waals surface area contributed by atoms with E-state index < -0.39 is 0 Å². The molecular weight excluding hydrogens is 383 g/mol. The highest BCUT2D eigenvalue weighted by Crippen LogP contribution is 2.33. The van der Waals surface area contributed by atoms with Crippen molar-refractivity contribution < 1.29 is 4.79 Å².